The molecule has 112 valence electrons. The zero-order chi connectivity index (χ0) is 16.3. The van der Waals surface area contributed by atoms with E-state index in [1.165, 1.54) is 7.11 Å². The fourth-order valence-corrected chi connectivity index (χ4v) is 2.09. The lowest BCUT2D eigenvalue weighted by Crippen LogP contribution is -2.15. The number of phenolic OH excluding ortho intramolecular Hbond substituents is 1. The van der Waals surface area contributed by atoms with E-state index in [2.05, 4.69) is 10.2 Å². The fourth-order valence-electron chi connectivity index (χ4n) is 1.87. The molecule has 6 nitrogen and oxygen atoms in total. The number of ether oxygens (including phenoxy) is 1. The Morgan fingerprint density at radius 3 is 2.82 bits per heavy atom. The number of phenols is 1. The van der Waals surface area contributed by atoms with Crippen molar-refractivity contribution in [2.75, 3.05) is 7.11 Å². The third-order valence-corrected chi connectivity index (χ3v) is 3.37. The van der Waals surface area contributed by atoms with Crippen LogP contribution in [0.25, 0.3) is 12.2 Å². The number of aromatic amines is 1. The van der Waals surface area contributed by atoms with Crippen molar-refractivity contribution in [2.45, 2.75) is 6.92 Å². The van der Waals surface area contributed by atoms with E-state index >= 15 is 0 Å². The Bertz CT molecular complexity index is 850. The molecule has 22 heavy (non-hydrogen) atoms. The Morgan fingerprint density at radius 2 is 2.18 bits per heavy atom. The van der Waals surface area contributed by atoms with Crippen molar-refractivity contribution in [1.82, 2.24) is 10.2 Å². The summed E-state index contributed by atoms with van der Waals surface area (Å²) in [5, 5.41) is 25.0. The van der Waals surface area contributed by atoms with Gasteiger partial charge in [0.2, 0.25) is 0 Å². The predicted octanol–water partition coefficient (Wildman–Crippen LogP) is 2.49. The highest BCUT2D eigenvalue weighted by Crippen LogP contribution is 2.35. The summed E-state index contributed by atoms with van der Waals surface area (Å²) in [6.45, 7) is 1.64. The van der Waals surface area contributed by atoms with Gasteiger partial charge in [0.05, 0.1) is 17.8 Å². The topological polar surface area (TPSA) is 99.0 Å². The maximum absolute atomic E-state index is 11.4. The summed E-state index contributed by atoms with van der Waals surface area (Å²) in [7, 11) is 1.42. The van der Waals surface area contributed by atoms with Crippen LogP contribution in [0.4, 0.5) is 0 Å². The summed E-state index contributed by atoms with van der Waals surface area (Å²) in [6, 6.07) is 5.00. The van der Waals surface area contributed by atoms with Gasteiger partial charge in [-0.15, -0.1) is 0 Å². The van der Waals surface area contributed by atoms with Gasteiger partial charge in [-0.25, -0.2) is 5.10 Å². The molecular formula is C15H12ClN3O3. The summed E-state index contributed by atoms with van der Waals surface area (Å²) in [5.41, 5.74) is 1.12. The van der Waals surface area contributed by atoms with E-state index in [1.807, 2.05) is 6.07 Å². The van der Waals surface area contributed by atoms with E-state index in [4.69, 9.17) is 21.6 Å². The highest BCUT2D eigenvalue weighted by atomic mass is 35.5. The largest absolute Gasteiger partial charge is 0.503 e. The van der Waals surface area contributed by atoms with Crippen molar-refractivity contribution in [3.63, 3.8) is 0 Å². The molecule has 0 radical (unpaired) electrons. The summed E-state index contributed by atoms with van der Waals surface area (Å²) >= 11 is 5.91. The highest BCUT2D eigenvalue weighted by molar-refractivity contribution is 6.32. The van der Waals surface area contributed by atoms with Gasteiger partial charge in [0.15, 0.2) is 11.5 Å². The molecule has 1 heterocycles. The fraction of sp³-hybridized carbons (Fsp3) is 0.133. The first-order valence-corrected chi connectivity index (χ1v) is 6.59. The highest BCUT2D eigenvalue weighted by Gasteiger charge is 2.09. The maximum Gasteiger partial charge on any atom is 0.282 e. The molecule has 1 aromatic heterocycles. The number of aromatic hydroxyl groups is 1. The first-order valence-electron chi connectivity index (χ1n) is 6.22. The Hall–Kier alpha value is -2.78. The van der Waals surface area contributed by atoms with Gasteiger partial charge in [-0.2, -0.15) is 10.4 Å². The number of nitriles is 1. The quantitative estimate of drug-likeness (QED) is 0.906. The maximum atomic E-state index is 11.4. The van der Waals surface area contributed by atoms with Crippen LogP contribution in [-0.2, 0) is 0 Å². The van der Waals surface area contributed by atoms with E-state index < -0.39 is 5.56 Å². The van der Waals surface area contributed by atoms with Crippen LogP contribution in [0.1, 0.15) is 22.4 Å². The minimum atomic E-state index is -0.522. The molecule has 0 bridgehead atoms. The molecular weight excluding hydrogens is 306 g/mol. The number of hydrogen-bond donors (Lipinski definition) is 2. The summed E-state index contributed by atoms with van der Waals surface area (Å²) in [5.74, 6) is 0.113. The molecule has 0 aliphatic rings. The molecule has 0 saturated carbocycles. The number of nitrogens with zero attached hydrogens (tertiary/aromatic N) is 2. The molecule has 0 amide bonds. The summed E-state index contributed by atoms with van der Waals surface area (Å²) in [6.07, 6.45) is 3.32. The van der Waals surface area contributed by atoms with Gasteiger partial charge in [0.25, 0.3) is 5.56 Å². The van der Waals surface area contributed by atoms with Gasteiger partial charge in [0, 0.05) is 0 Å². The van der Waals surface area contributed by atoms with E-state index in [0.29, 0.717) is 16.8 Å². The van der Waals surface area contributed by atoms with Crippen LogP contribution in [0.15, 0.2) is 16.9 Å². The molecule has 0 aliphatic heterocycles. The third kappa shape index (κ3) is 2.95. The smallest absolute Gasteiger partial charge is 0.282 e. The SMILES string of the molecule is COc1cc(/C=C/c2n[nH]c(=O)c(C#N)c2C)cc(Cl)c1O. The van der Waals surface area contributed by atoms with Gasteiger partial charge < -0.3 is 9.84 Å². The van der Waals surface area contributed by atoms with Gasteiger partial charge in [-0.1, -0.05) is 17.7 Å². The number of halogens is 1. The lowest BCUT2D eigenvalue weighted by molar-refractivity contribution is 0.373. The van der Waals surface area contributed by atoms with E-state index in [0.717, 1.165) is 0 Å². The number of aromatic nitrogens is 2. The van der Waals surface area contributed by atoms with Gasteiger partial charge in [-0.3, -0.25) is 4.79 Å². The molecule has 0 unspecified atom stereocenters. The second-order valence-electron chi connectivity index (χ2n) is 4.44. The molecule has 0 fully saturated rings. The predicted molar refractivity (Wildman–Crippen MR) is 82.9 cm³/mol. The van der Waals surface area contributed by atoms with Crippen LogP contribution in [0, 0.1) is 18.3 Å². The number of H-pyrrole nitrogens is 1. The minimum absolute atomic E-state index is 0.0240. The van der Waals surface area contributed by atoms with Gasteiger partial charge in [-0.05, 0) is 36.3 Å². The van der Waals surface area contributed by atoms with Gasteiger partial charge in [0.1, 0.15) is 11.6 Å². The first-order chi connectivity index (χ1) is 10.5. The Morgan fingerprint density at radius 1 is 1.45 bits per heavy atom. The second kappa shape index (κ2) is 6.33. The molecule has 2 rings (SSSR count). The van der Waals surface area contributed by atoms with Crippen LogP contribution >= 0.6 is 11.6 Å². The lowest BCUT2D eigenvalue weighted by Gasteiger charge is -2.06. The van der Waals surface area contributed by atoms with Crippen LogP contribution in [-0.4, -0.2) is 22.4 Å². The average Bonchev–Trinajstić information content (AvgIpc) is 2.50. The summed E-state index contributed by atoms with van der Waals surface area (Å²) in [4.78, 5) is 11.4. The van der Waals surface area contributed by atoms with E-state index in [1.54, 1.807) is 31.2 Å². The number of benzene rings is 1. The molecule has 0 aliphatic carbocycles. The molecule has 0 spiro atoms. The molecule has 1 aromatic carbocycles. The number of hydrogen-bond acceptors (Lipinski definition) is 5. The number of rotatable bonds is 3. The van der Waals surface area contributed by atoms with Gasteiger partial charge >= 0.3 is 0 Å². The average molecular weight is 318 g/mol. The normalized spacial score (nSPS) is 10.6. The van der Waals surface area contributed by atoms with Crippen LogP contribution < -0.4 is 10.3 Å². The van der Waals surface area contributed by atoms with Crippen molar-refractivity contribution < 1.29 is 9.84 Å². The Labute approximate surface area is 131 Å². The first kappa shape index (κ1) is 15.6. The number of methoxy groups -OCH3 is 1. The van der Waals surface area contributed by atoms with Crippen LogP contribution in [0.3, 0.4) is 0 Å². The molecule has 2 aromatic rings. The van der Waals surface area contributed by atoms with E-state index in [9.17, 15) is 9.90 Å². The third-order valence-electron chi connectivity index (χ3n) is 3.08. The molecule has 0 atom stereocenters. The summed E-state index contributed by atoms with van der Waals surface area (Å²) < 4.78 is 5.02. The van der Waals surface area contributed by atoms with Crippen molar-refractivity contribution in [1.29, 1.82) is 5.26 Å². The van der Waals surface area contributed by atoms with Crippen LogP contribution in [0.5, 0.6) is 11.5 Å². The second-order valence-corrected chi connectivity index (χ2v) is 4.84. The standard InChI is InChI=1S/C15H12ClN3O3/c1-8-10(7-17)15(21)19-18-12(8)4-3-9-5-11(16)14(20)13(6-9)22-2/h3-6,20H,1-2H3,(H,19,21)/b4-3+. The van der Waals surface area contributed by atoms with E-state index in [-0.39, 0.29) is 22.1 Å². The van der Waals surface area contributed by atoms with Crippen molar-refractivity contribution in [2.24, 2.45) is 0 Å². The zero-order valence-electron chi connectivity index (χ0n) is 11.8. The number of nitrogens with one attached hydrogen (secondary N) is 1. The zero-order valence-corrected chi connectivity index (χ0v) is 12.6. The monoisotopic (exact) mass is 317 g/mol. The Balaban J connectivity index is 2.44. The van der Waals surface area contributed by atoms with Crippen molar-refractivity contribution >= 4 is 23.8 Å². The Kier molecular flexibility index (Phi) is 4.49. The molecule has 2 N–H and O–H groups in total. The van der Waals surface area contributed by atoms with Crippen LogP contribution in [0.2, 0.25) is 5.02 Å². The van der Waals surface area contributed by atoms with Crippen molar-refractivity contribution in [3.05, 3.63) is 49.9 Å². The molecule has 0 saturated heterocycles. The minimum Gasteiger partial charge on any atom is -0.503 e. The lowest BCUT2D eigenvalue weighted by atomic mass is 10.1. The van der Waals surface area contributed by atoms with Crippen molar-refractivity contribution in [3.8, 4) is 17.6 Å². The molecule has 7 heteroatoms.